The molecule has 0 heterocycles. The fourth-order valence-electron chi connectivity index (χ4n) is 0.448. The lowest BCUT2D eigenvalue weighted by molar-refractivity contribution is 0.0604. The number of hydrogen-bond donors (Lipinski definition) is 2. The van der Waals surface area contributed by atoms with E-state index in [0.29, 0.717) is 0 Å². The monoisotopic (exact) mass is 173 g/mol. The van der Waals surface area contributed by atoms with Crippen molar-refractivity contribution in [3.05, 3.63) is 0 Å². The van der Waals surface area contributed by atoms with E-state index in [2.05, 4.69) is 4.99 Å². The van der Waals surface area contributed by atoms with Gasteiger partial charge >= 0.3 is 6.09 Å². The maximum Gasteiger partial charge on any atom is 0.435 e. The van der Waals surface area contributed by atoms with Crippen LogP contribution >= 0.6 is 0 Å². The minimum absolute atomic E-state index is 0.0548. The van der Waals surface area contributed by atoms with Gasteiger partial charge in [-0.25, -0.2) is 4.79 Å². The summed E-state index contributed by atoms with van der Waals surface area (Å²) in [5.41, 5.74) is 9.79. The summed E-state index contributed by atoms with van der Waals surface area (Å²) in [6, 6.07) is 0. The Bertz CT molecular complexity index is 193. The molecule has 0 aromatic heterocycles. The third-order valence-corrected chi connectivity index (χ3v) is 0.838. The first-order valence-electron chi connectivity index (χ1n) is 3.61. The molecule has 0 aliphatic rings. The maximum atomic E-state index is 10.9. The van der Waals surface area contributed by atoms with Gasteiger partial charge in [0.2, 0.25) is 0 Å². The molecule has 0 spiro atoms. The van der Waals surface area contributed by atoms with E-state index in [1.165, 1.54) is 0 Å². The molecule has 5 nitrogen and oxygen atoms in total. The molecule has 1 amide bonds. The highest BCUT2D eigenvalue weighted by molar-refractivity contribution is 5.91. The number of nitrogens with two attached hydrogens (primary N) is 2. The second-order valence-corrected chi connectivity index (χ2v) is 3.29. The molecular weight excluding hydrogens is 158 g/mol. The van der Waals surface area contributed by atoms with Crippen LogP contribution in [0, 0.1) is 0 Å². The molecule has 0 saturated heterocycles. The number of carbonyl (C=O) groups excluding carboxylic acids is 1. The average Bonchev–Trinajstić information content (AvgIpc) is 1.82. The molecule has 0 aromatic carbocycles. The highest BCUT2D eigenvalue weighted by Gasteiger charge is 2.15. The average molecular weight is 173 g/mol. The van der Waals surface area contributed by atoms with Crippen LogP contribution in [0.4, 0.5) is 4.79 Å². The van der Waals surface area contributed by atoms with Crippen molar-refractivity contribution in [3.63, 3.8) is 0 Å². The van der Waals surface area contributed by atoms with Crippen molar-refractivity contribution in [1.82, 2.24) is 0 Å². The highest BCUT2D eigenvalue weighted by Crippen LogP contribution is 2.07. The normalized spacial score (nSPS) is 12.8. The number of rotatable bonds is 1. The van der Waals surface area contributed by atoms with Crippen LogP contribution < -0.4 is 11.5 Å². The number of amides is 1. The van der Waals surface area contributed by atoms with Crippen molar-refractivity contribution in [1.29, 1.82) is 0 Å². The third kappa shape index (κ3) is 5.67. The van der Waals surface area contributed by atoms with Gasteiger partial charge in [-0.15, -0.1) is 0 Å². The Kier molecular flexibility index (Phi) is 3.69. The summed E-state index contributed by atoms with van der Waals surface area (Å²) in [7, 11) is 0. The first-order valence-corrected chi connectivity index (χ1v) is 3.61. The molecule has 0 saturated carbocycles. The van der Waals surface area contributed by atoms with E-state index in [-0.39, 0.29) is 12.4 Å². The Morgan fingerprint density at radius 1 is 1.50 bits per heavy atom. The molecule has 0 fully saturated rings. The van der Waals surface area contributed by atoms with Crippen LogP contribution in [-0.4, -0.2) is 24.1 Å². The van der Waals surface area contributed by atoms with E-state index < -0.39 is 11.7 Å². The van der Waals surface area contributed by atoms with Crippen molar-refractivity contribution in [3.8, 4) is 0 Å². The molecule has 0 atom stereocenters. The van der Waals surface area contributed by atoms with Crippen LogP contribution in [0.25, 0.3) is 0 Å². The first-order chi connectivity index (χ1) is 5.35. The van der Waals surface area contributed by atoms with Crippen LogP contribution in [0.3, 0.4) is 0 Å². The molecule has 0 aliphatic carbocycles. The quantitative estimate of drug-likeness (QED) is 0.439. The number of ether oxygens (including phenoxy) is 1. The van der Waals surface area contributed by atoms with Crippen LogP contribution in [0.2, 0.25) is 0 Å². The Labute approximate surface area is 71.8 Å². The SMILES string of the molecule is CC(C)(C)OC(=O)N=C(N)CN. The zero-order valence-electron chi connectivity index (χ0n) is 7.63. The Balaban J connectivity index is 4.08. The van der Waals surface area contributed by atoms with Gasteiger partial charge in [0.05, 0.1) is 6.54 Å². The zero-order chi connectivity index (χ0) is 9.78. The summed E-state index contributed by atoms with van der Waals surface area (Å²) < 4.78 is 4.85. The number of aliphatic imine (C=N–C) groups is 1. The van der Waals surface area contributed by atoms with Crippen molar-refractivity contribution in [2.45, 2.75) is 26.4 Å². The van der Waals surface area contributed by atoms with Crippen molar-refractivity contribution in [2.75, 3.05) is 6.54 Å². The summed E-state index contributed by atoms with van der Waals surface area (Å²) in [5.74, 6) is 0.0734. The van der Waals surface area contributed by atoms with E-state index in [4.69, 9.17) is 16.2 Å². The summed E-state index contributed by atoms with van der Waals surface area (Å²) >= 11 is 0. The zero-order valence-corrected chi connectivity index (χ0v) is 7.63. The number of hydrogen-bond acceptors (Lipinski definition) is 3. The highest BCUT2D eigenvalue weighted by atomic mass is 16.6. The fraction of sp³-hybridized carbons (Fsp3) is 0.714. The van der Waals surface area contributed by atoms with Gasteiger partial charge in [-0.1, -0.05) is 0 Å². The van der Waals surface area contributed by atoms with E-state index >= 15 is 0 Å². The predicted molar refractivity (Wildman–Crippen MR) is 46.9 cm³/mol. The van der Waals surface area contributed by atoms with Crippen molar-refractivity contribution in [2.24, 2.45) is 16.5 Å². The minimum Gasteiger partial charge on any atom is -0.442 e. The number of carbonyl (C=O) groups is 1. The minimum atomic E-state index is -0.703. The van der Waals surface area contributed by atoms with Gasteiger partial charge in [0.1, 0.15) is 11.4 Å². The van der Waals surface area contributed by atoms with Crippen LogP contribution in [0.1, 0.15) is 20.8 Å². The summed E-state index contributed by atoms with van der Waals surface area (Å²) in [6.07, 6.45) is -0.703. The fourth-order valence-corrected chi connectivity index (χ4v) is 0.448. The lowest BCUT2D eigenvalue weighted by atomic mass is 10.2. The van der Waals surface area contributed by atoms with Crippen LogP contribution in [0.5, 0.6) is 0 Å². The Morgan fingerprint density at radius 2 is 2.00 bits per heavy atom. The smallest absolute Gasteiger partial charge is 0.435 e. The largest absolute Gasteiger partial charge is 0.442 e. The van der Waals surface area contributed by atoms with Gasteiger partial charge < -0.3 is 16.2 Å². The van der Waals surface area contributed by atoms with Crippen LogP contribution in [0.15, 0.2) is 4.99 Å². The molecule has 0 bridgehead atoms. The predicted octanol–water partition coefficient (Wildman–Crippen LogP) is 0.237. The molecular formula is C7H15N3O2. The molecule has 0 aromatic rings. The standard InChI is InChI=1S/C7H15N3O2/c1-7(2,3)12-6(11)10-5(9)4-8/h4,8H2,1-3H3,(H2,9,10,11). The lowest BCUT2D eigenvalue weighted by Gasteiger charge is -2.17. The van der Waals surface area contributed by atoms with E-state index in [1.807, 2.05) is 0 Å². The molecule has 4 N–H and O–H groups in total. The lowest BCUT2D eigenvalue weighted by Crippen LogP contribution is -2.27. The topological polar surface area (TPSA) is 90.7 Å². The summed E-state index contributed by atoms with van der Waals surface area (Å²) in [4.78, 5) is 14.3. The molecule has 0 aliphatic heterocycles. The Hall–Kier alpha value is -1.10. The van der Waals surface area contributed by atoms with Crippen LogP contribution in [-0.2, 0) is 4.74 Å². The Morgan fingerprint density at radius 3 is 2.33 bits per heavy atom. The van der Waals surface area contributed by atoms with E-state index in [1.54, 1.807) is 20.8 Å². The number of amidine groups is 1. The molecule has 0 radical (unpaired) electrons. The molecule has 0 unspecified atom stereocenters. The second kappa shape index (κ2) is 4.06. The van der Waals surface area contributed by atoms with Crippen molar-refractivity contribution < 1.29 is 9.53 Å². The maximum absolute atomic E-state index is 10.9. The van der Waals surface area contributed by atoms with Gasteiger partial charge in [-0.2, -0.15) is 4.99 Å². The van der Waals surface area contributed by atoms with Gasteiger partial charge in [-0.3, -0.25) is 0 Å². The van der Waals surface area contributed by atoms with Gasteiger partial charge in [0.15, 0.2) is 0 Å². The molecule has 5 heteroatoms. The summed E-state index contributed by atoms with van der Waals surface area (Å²) in [6.45, 7) is 5.30. The van der Waals surface area contributed by atoms with E-state index in [9.17, 15) is 4.79 Å². The molecule has 12 heavy (non-hydrogen) atoms. The van der Waals surface area contributed by atoms with E-state index in [0.717, 1.165) is 0 Å². The summed E-state index contributed by atoms with van der Waals surface area (Å²) in [5, 5.41) is 0. The van der Waals surface area contributed by atoms with Gasteiger partial charge in [0, 0.05) is 0 Å². The third-order valence-electron chi connectivity index (χ3n) is 0.838. The van der Waals surface area contributed by atoms with Gasteiger partial charge in [-0.05, 0) is 20.8 Å². The number of nitrogens with zero attached hydrogens (tertiary/aromatic N) is 1. The van der Waals surface area contributed by atoms with Crippen molar-refractivity contribution >= 4 is 11.9 Å². The molecule has 0 rings (SSSR count). The molecule has 70 valence electrons. The van der Waals surface area contributed by atoms with Gasteiger partial charge in [0.25, 0.3) is 0 Å². The second-order valence-electron chi connectivity index (χ2n) is 3.29. The first kappa shape index (κ1) is 10.9.